The van der Waals surface area contributed by atoms with Gasteiger partial charge in [-0.3, -0.25) is 0 Å². The van der Waals surface area contributed by atoms with Crippen LogP contribution in [0.5, 0.6) is 0 Å². The van der Waals surface area contributed by atoms with Crippen LogP contribution < -0.4 is 0 Å². The molecule has 0 heterocycles. The number of hydrogen-bond acceptors (Lipinski definition) is 3. The van der Waals surface area contributed by atoms with Crippen molar-refractivity contribution in [1.29, 1.82) is 0 Å². The molecule has 1 aromatic rings. The van der Waals surface area contributed by atoms with E-state index in [1.807, 2.05) is 12.1 Å². The van der Waals surface area contributed by atoms with Crippen LogP contribution in [0, 0.1) is 0 Å². The molecule has 1 atom stereocenters. The maximum atomic E-state index is 12.0. The molecule has 120 valence electrons. The minimum absolute atomic E-state index is 0.226. The molecule has 0 saturated carbocycles. The lowest BCUT2D eigenvalue weighted by atomic mass is 9.86. The van der Waals surface area contributed by atoms with E-state index in [-0.39, 0.29) is 5.92 Å². The number of aliphatic hydroxyl groups excluding tert-OH is 1. The van der Waals surface area contributed by atoms with Crippen LogP contribution in [0.4, 0.5) is 0 Å². The van der Waals surface area contributed by atoms with E-state index in [1.165, 1.54) is 11.8 Å². The zero-order chi connectivity index (χ0) is 16.6. The van der Waals surface area contributed by atoms with E-state index < -0.39 is 20.7 Å². The summed E-state index contributed by atoms with van der Waals surface area (Å²) in [4.78, 5) is 0. The van der Waals surface area contributed by atoms with Crippen molar-refractivity contribution in [3.8, 4) is 0 Å². The van der Waals surface area contributed by atoms with Crippen LogP contribution in [-0.4, -0.2) is 24.5 Å². The second-order valence-electron chi connectivity index (χ2n) is 6.98. The third-order valence-electron chi connectivity index (χ3n) is 4.31. The zero-order valence-corrected chi connectivity index (χ0v) is 15.0. The third-order valence-corrected chi connectivity index (χ3v) is 6.44. The Morgan fingerprint density at radius 3 is 1.90 bits per heavy atom. The summed E-state index contributed by atoms with van der Waals surface area (Å²) in [5.74, 6) is 0.625. The van der Waals surface area contributed by atoms with Gasteiger partial charge in [0.1, 0.15) is 0 Å². The second kappa shape index (κ2) is 6.09. The summed E-state index contributed by atoms with van der Waals surface area (Å²) in [5, 5.41) is 10.7. The first-order valence-corrected chi connectivity index (χ1v) is 9.30. The zero-order valence-electron chi connectivity index (χ0n) is 14.1. The summed E-state index contributed by atoms with van der Waals surface area (Å²) in [6.07, 6.45) is 0.138. The largest absolute Gasteiger partial charge is 0.387 e. The van der Waals surface area contributed by atoms with Gasteiger partial charge in [0.25, 0.3) is 0 Å². The van der Waals surface area contributed by atoms with Crippen LogP contribution >= 0.6 is 0 Å². The Kier molecular flexibility index (Phi) is 5.27. The van der Waals surface area contributed by atoms with Crippen LogP contribution in [0.15, 0.2) is 18.2 Å². The quantitative estimate of drug-likeness (QED) is 0.900. The molecule has 0 fully saturated rings. The maximum absolute atomic E-state index is 12.0. The van der Waals surface area contributed by atoms with Crippen molar-refractivity contribution in [2.24, 2.45) is 0 Å². The van der Waals surface area contributed by atoms with Crippen LogP contribution in [0.1, 0.15) is 76.2 Å². The smallest absolute Gasteiger partial charge is 0.155 e. The molecular weight excluding hydrogens is 284 g/mol. The number of hydrogen-bond donors (Lipinski definition) is 1. The van der Waals surface area contributed by atoms with Crippen molar-refractivity contribution >= 4 is 9.84 Å². The second-order valence-corrected chi connectivity index (χ2v) is 9.57. The molecule has 0 aliphatic carbocycles. The van der Waals surface area contributed by atoms with E-state index in [2.05, 4.69) is 33.8 Å². The predicted molar refractivity (Wildman–Crippen MR) is 88.5 cm³/mol. The van der Waals surface area contributed by atoms with Crippen molar-refractivity contribution < 1.29 is 13.5 Å². The molecule has 1 rings (SSSR count). The number of benzene rings is 1. The Hall–Kier alpha value is -0.870. The molecule has 0 bridgehead atoms. The lowest BCUT2D eigenvalue weighted by Crippen LogP contribution is -2.38. The van der Waals surface area contributed by atoms with Crippen LogP contribution in [-0.2, 0) is 9.84 Å². The van der Waals surface area contributed by atoms with Crippen molar-refractivity contribution in [3.05, 3.63) is 34.9 Å². The van der Waals surface area contributed by atoms with Crippen molar-refractivity contribution in [2.45, 2.75) is 64.2 Å². The third kappa shape index (κ3) is 3.67. The van der Waals surface area contributed by atoms with E-state index in [1.54, 1.807) is 13.8 Å². The van der Waals surface area contributed by atoms with Crippen LogP contribution in [0.25, 0.3) is 0 Å². The molecule has 0 radical (unpaired) electrons. The topological polar surface area (TPSA) is 54.4 Å². The van der Waals surface area contributed by atoms with Gasteiger partial charge in [-0.15, -0.1) is 0 Å². The standard InChI is InChI=1S/C17H28O3S/c1-11(2)13-8-9-14(15(10-13)12(3)4)16(18)17(5,6)21(7,19)20/h8-12,16,18H,1-7H3. The molecule has 0 amide bonds. The highest BCUT2D eigenvalue weighted by molar-refractivity contribution is 7.92. The van der Waals surface area contributed by atoms with Crippen molar-refractivity contribution in [2.75, 3.05) is 6.26 Å². The molecule has 1 unspecified atom stereocenters. The van der Waals surface area contributed by atoms with Gasteiger partial charge in [-0.25, -0.2) is 8.42 Å². The van der Waals surface area contributed by atoms with Crippen LogP contribution in [0.3, 0.4) is 0 Å². The highest BCUT2D eigenvalue weighted by atomic mass is 32.2. The summed E-state index contributed by atoms with van der Waals surface area (Å²) in [6.45, 7) is 11.5. The Bertz CT molecular complexity index is 598. The summed E-state index contributed by atoms with van der Waals surface area (Å²) in [6, 6.07) is 5.95. The first-order chi connectivity index (χ1) is 9.39. The average Bonchev–Trinajstić information content (AvgIpc) is 2.35. The van der Waals surface area contributed by atoms with Gasteiger partial charge in [-0.1, -0.05) is 45.9 Å². The minimum atomic E-state index is -3.37. The summed E-state index contributed by atoms with van der Waals surface area (Å²) in [7, 11) is -3.37. The average molecular weight is 312 g/mol. The van der Waals surface area contributed by atoms with E-state index >= 15 is 0 Å². The fourth-order valence-electron chi connectivity index (χ4n) is 2.28. The van der Waals surface area contributed by atoms with E-state index in [4.69, 9.17) is 0 Å². The molecule has 1 aromatic carbocycles. The fourth-order valence-corrected chi connectivity index (χ4v) is 2.81. The van der Waals surface area contributed by atoms with Gasteiger partial charge >= 0.3 is 0 Å². The SMILES string of the molecule is CC(C)c1ccc(C(O)C(C)(C)S(C)(=O)=O)c(C(C)C)c1. The minimum Gasteiger partial charge on any atom is -0.387 e. The highest BCUT2D eigenvalue weighted by Crippen LogP contribution is 2.37. The van der Waals surface area contributed by atoms with Gasteiger partial charge in [-0.05, 0) is 42.4 Å². The normalized spacial score (nSPS) is 14.8. The van der Waals surface area contributed by atoms with Crippen LogP contribution in [0.2, 0.25) is 0 Å². The molecule has 0 aromatic heterocycles. The van der Waals surface area contributed by atoms with Crippen molar-refractivity contribution in [1.82, 2.24) is 0 Å². The predicted octanol–water partition coefficient (Wildman–Crippen LogP) is 3.79. The van der Waals surface area contributed by atoms with Gasteiger partial charge in [0.15, 0.2) is 9.84 Å². The van der Waals surface area contributed by atoms with Gasteiger partial charge < -0.3 is 5.11 Å². The van der Waals surface area contributed by atoms with Crippen molar-refractivity contribution in [3.63, 3.8) is 0 Å². The lowest BCUT2D eigenvalue weighted by Gasteiger charge is -2.31. The molecule has 4 heteroatoms. The summed E-state index contributed by atoms with van der Waals surface area (Å²) in [5.41, 5.74) is 2.93. The Balaban J connectivity index is 3.43. The van der Waals surface area contributed by atoms with E-state index in [0.717, 1.165) is 5.56 Å². The monoisotopic (exact) mass is 312 g/mol. The Labute approximate surface area is 129 Å². The summed E-state index contributed by atoms with van der Waals surface area (Å²) >= 11 is 0. The molecule has 0 saturated heterocycles. The summed E-state index contributed by atoms with van der Waals surface area (Å²) < 4.78 is 22.7. The molecule has 21 heavy (non-hydrogen) atoms. The Morgan fingerprint density at radius 1 is 1.00 bits per heavy atom. The number of sulfone groups is 1. The van der Waals surface area contributed by atoms with Gasteiger partial charge in [0.2, 0.25) is 0 Å². The first kappa shape index (κ1) is 18.2. The molecule has 0 aliphatic heterocycles. The maximum Gasteiger partial charge on any atom is 0.155 e. The molecule has 1 N–H and O–H groups in total. The highest BCUT2D eigenvalue weighted by Gasteiger charge is 2.40. The Morgan fingerprint density at radius 2 is 1.52 bits per heavy atom. The molecule has 3 nitrogen and oxygen atoms in total. The molecule has 0 spiro atoms. The number of rotatable bonds is 5. The number of aliphatic hydroxyl groups is 1. The van der Waals surface area contributed by atoms with E-state index in [0.29, 0.717) is 11.5 Å². The first-order valence-electron chi connectivity index (χ1n) is 7.41. The van der Waals surface area contributed by atoms with Gasteiger partial charge in [-0.2, -0.15) is 0 Å². The molecular formula is C17H28O3S. The van der Waals surface area contributed by atoms with Gasteiger partial charge in [0, 0.05) is 6.26 Å². The molecule has 0 aliphatic rings. The van der Waals surface area contributed by atoms with E-state index in [9.17, 15) is 13.5 Å². The van der Waals surface area contributed by atoms with Gasteiger partial charge in [0.05, 0.1) is 10.9 Å². The lowest BCUT2D eigenvalue weighted by molar-refractivity contribution is 0.138. The fraction of sp³-hybridized carbons (Fsp3) is 0.647.